The van der Waals surface area contributed by atoms with Gasteiger partial charge in [-0.25, -0.2) is 0 Å². The van der Waals surface area contributed by atoms with Crippen LogP contribution < -0.4 is 15.0 Å². The Hall–Kier alpha value is -2.86. The van der Waals surface area contributed by atoms with Gasteiger partial charge < -0.3 is 15.0 Å². The smallest absolute Gasteiger partial charge is 0.252 e. The summed E-state index contributed by atoms with van der Waals surface area (Å²) in [6, 6.07) is 12.3. The van der Waals surface area contributed by atoms with Crippen LogP contribution in [0.2, 0.25) is 5.02 Å². The Morgan fingerprint density at radius 3 is 2.89 bits per heavy atom. The first kappa shape index (κ1) is 17.5. The second-order valence-corrected chi connectivity index (χ2v) is 7.03. The summed E-state index contributed by atoms with van der Waals surface area (Å²) in [5.41, 5.74) is 4.15. The molecule has 1 atom stereocenters. The van der Waals surface area contributed by atoms with Crippen molar-refractivity contribution in [2.45, 2.75) is 26.3 Å². The molecule has 0 amide bonds. The molecule has 0 radical (unpaired) electrons. The van der Waals surface area contributed by atoms with Crippen LogP contribution in [0.3, 0.4) is 0 Å². The largest absolute Gasteiger partial charge is 0.495 e. The predicted molar refractivity (Wildman–Crippen MR) is 108 cm³/mol. The highest BCUT2D eigenvalue weighted by Crippen LogP contribution is 2.37. The Bertz CT molecular complexity index is 994. The monoisotopic (exact) mass is 381 g/mol. The van der Waals surface area contributed by atoms with Gasteiger partial charge in [-0.1, -0.05) is 29.8 Å². The molecular formula is C20H20ClN5O. The molecule has 27 heavy (non-hydrogen) atoms. The van der Waals surface area contributed by atoms with E-state index in [9.17, 15) is 0 Å². The molecule has 1 N–H and O–H groups in total. The molecule has 0 saturated heterocycles. The van der Waals surface area contributed by atoms with Gasteiger partial charge in [0.2, 0.25) is 0 Å². The summed E-state index contributed by atoms with van der Waals surface area (Å²) in [7, 11) is 1.61. The zero-order valence-electron chi connectivity index (χ0n) is 15.4. The number of methoxy groups -OCH3 is 1. The molecule has 138 valence electrons. The summed E-state index contributed by atoms with van der Waals surface area (Å²) >= 11 is 6.19. The standard InChI is InChI=1S/C20H20ClN5O/c1-12-8-16(18(27-3)10-15(12)21)23-19-11-22-25-20(24-19)26-13(2)9-14-6-4-5-7-17(14)26/h4-8,10-11,13H,9H2,1-3H3,(H,23,24,25). The summed E-state index contributed by atoms with van der Waals surface area (Å²) in [6.07, 6.45) is 2.56. The molecule has 2 aromatic carbocycles. The maximum Gasteiger partial charge on any atom is 0.252 e. The lowest BCUT2D eigenvalue weighted by Gasteiger charge is -2.22. The predicted octanol–water partition coefficient (Wildman–Crippen LogP) is 4.67. The van der Waals surface area contributed by atoms with E-state index in [-0.39, 0.29) is 6.04 Å². The molecule has 0 fully saturated rings. The number of nitrogens with zero attached hydrogens (tertiary/aromatic N) is 4. The first-order valence-electron chi connectivity index (χ1n) is 8.75. The molecule has 3 aromatic rings. The highest BCUT2D eigenvalue weighted by molar-refractivity contribution is 6.31. The van der Waals surface area contributed by atoms with E-state index in [1.165, 1.54) is 5.56 Å². The van der Waals surface area contributed by atoms with Gasteiger partial charge in [0, 0.05) is 22.8 Å². The Morgan fingerprint density at radius 1 is 1.26 bits per heavy atom. The number of hydrogen-bond donors (Lipinski definition) is 1. The average molecular weight is 382 g/mol. The fourth-order valence-corrected chi connectivity index (χ4v) is 3.55. The molecule has 1 aliphatic rings. The van der Waals surface area contributed by atoms with Crippen molar-refractivity contribution in [2.24, 2.45) is 0 Å². The number of aromatic nitrogens is 3. The van der Waals surface area contributed by atoms with Gasteiger partial charge in [-0.2, -0.15) is 10.1 Å². The van der Waals surface area contributed by atoms with E-state index < -0.39 is 0 Å². The first-order chi connectivity index (χ1) is 13.1. The van der Waals surface area contributed by atoms with Gasteiger partial charge in [0.05, 0.1) is 19.0 Å². The van der Waals surface area contributed by atoms with E-state index in [2.05, 4.69) is 50.5 Å². The topological polar surface area (TPSA) is 63.2 Å². The van der Waals surface area contributed by atoms with Gasteiger partial charge in [0.1, 0.15) is 5.75 Å². The van der Waals surface area contributed by atoms with Crippen LogP contribution in [0.25, 0.3) is 0 Å². The summed E-state index contributed by atoms with van der Waals surface area (Å²) in [4.78, 5) is 6.80. The third-order valence-electron chi connectivity index (χ3n) is 4.71. The Morgan fingerprint density at radius 2 is 2.07 bits per heavy atom. The number of benzene rings is 2. The van der Waals surface area contributed by atoms with Gasteiger partial charge in [-0.05, 0) is 43.5 Å². The zero-order chi connectivity index (χ0) is 19.0. The van der Waals surface area contributed by atoms with Crippen molar-refractivity contribution in [1.29, 1.82) is 0 Å². The van der Waals surface area contributed by atoms with E-state index in [4.69, 9.17) is 16.3 Å². The first-order valence-corrected chi connectivity index (χ1v) is 9.12. The maximum atomic E-state index is 6.19. The third kappa shape index (κ3) is 3.28. The number of halogens is 1. The van der Waals surface area contributed by atoms with Gasteiger partial charge in [-0.3, -0.25) is 0 Å². The number of ether oxygens (including phenoxy) is 1. The number of nitrogens with one attached hydrogen (secondary N) is 1. The summed E-state index contributed by atoms with van der Waals surface area (Å²) in [5, 5.41) is 12.3. The van der Waals surface area contributed by atoms with Crippen LogP contribution in [0.5, 0.6) is 5.75 Å². The number of aryl methyl sites for hydroxylation is 1. The Balaban J connectivity index is 1.68. The van der Waals surface area contributed by atoms with Crippen LogP contribution in [-0.2, 0) is 6.42 Å². The molecule has 2 heterocycles. The highest BCUT2D eigenvalue weighted by atomic mass is 35.5. The van der Waals surface area contributed by atoms with Crippen molar-refractivity contribution in [3.05, 3.63) is 58.7 Å². The third-order valence-corrected chi connectivity index (χ3v) is 5.12. The van der Waals surface area contributed by atoms with Gasteiger partial charge >= 0.3 is 0 Å². The molecule has 0 saturated carbocycles. The number of para-hydroxylation sites is 1. The maximum absolute atomic E-state index is 6.19. The quantitative estimate of drug-likeness (QED) is 0.708. The number of anilines is 4. The van der Waals surface area contributed by atoms with Gasteiger partial charge in [0.15, 0.2) is 5.82 Å². The highest BCUT2D eigenvalue weighted by Gasteiger charge is 2.29. The molecule has 0 bridgehead atoms. The van der Waals surface area contributed by atoms with Crippen molar-refractivity contribution in [2.75, 3.05) is 17.3 Å². The molecule has 6 nitrogen and oxygen atoms in total. The fraction of sp³-hybridized carbons (Fsp3) is 0.250. The van der Waals surface area contributed by atoms with Crippen molar-refractivity contribution in [3.8, 4) is 5.75 Å². The number of rotatable bonds is 4. The molecular weight excluding hydrogens is 362 g/mol. The van der Waals surface area contributed by atoms with Crippen LogP contribution in [0.1, 0.15) is 18.1 Å². The lowest BCUT2D eigenvalue weighted by molar-refractivity contribution is 0.416. The normalized spacial score (nSPS) is 15.6. The number of fused-ring (bicyclic) bond motifs is 1. The van der Waals surface area contributed by atoms with Crippen LogP contribution in [0.15, 0.2) is 42.6 Å². The molecule has 1 unspecified atom stereocenters. The Labute approximate surface area is 163 Å². The molecule has 0 spiro atoms. The molecule has 1 aliphatic heterocycles. The molecule has 0 aliphatic carbocycles. The van der Waals surface area contributed by atoms with E-state index >= 15 is 0 Å². The molecule has 1 aromatic heterocycles. The van der Waals surface area contributed by atoms with Crippen molar-refractivity contribution in [1.82, 2.24) is 15.2 Å². The van der Waals surface area contributed by atoms with E-state index in [0.29, 0.717) is 22.5 Å². The van der Waals surface area contributed by atoms with Crippen LogP contribution in [-0.4, -0.2) is 28.3 Å². The molecule has 4 rings (SSSR count). The van der Waals surface area contributed by atoms with Crippen LogP contribution >= 0.6 is 11.6 Å². The lowest BCUT2D eigenvalue weighted by atomic mass is 10.1. The van der Waals surface area contributed by atoms with Crippen LogP contribution in [0.4, 0.5) is 23.1 Å². The minimum Gasteiger partial charge on any atom is -0.495 e. The van der Waals surface area contributed by atoms with Crippen molar-refractivity contribution in [3.63, 3.8) is 0 Å². The minimum atomic E-state index is 0.270. The van der Waals surface area contributed by atoms with Crippen molar-refractivity contribution >= 4 is 34.7 Å². The lowest BCUT2D eigenvalue weighted by Crippen LogP contribution is -2.26. The molecule has 7 heteroatoms. The number of hydrogen-bond acceptors (Lipinski definition) is 6. The van der Waals surface area contributed by atoms with Crippen molar-refractivity contribution < 1.29 is 4.74 Å². The van der Waals surface area contributed by atoms with Gasteiger partial charge in [-0.15, -0.1) is 5.10 Å². The van der Waals surface area contributed by atoms with Crippen LogP contribution in [0, 0.1) is 6.92 Å². The zero-order valence-corrected chi connectivity index (χ0v) is 16.2. The van der Waals surface area contributed by atoms with E-state index in [0.717, 1.165) is 23.4 Å². The van der Waals surface area contributed by atoms with E-state index in [1.54, 1.807) is 19.4 Å². The van der Waals surface area contributed by atoms with Gasteiger partial charge in [0.25, 0.3) is 5.95 Å². The second kappa shape index (κ2) is 7.04. The van der Waals surface area contributed by atoms with E-state index in [1.807, 2.05) is 19.1 Å². The second-order valence-electron chi connectivity index (χ2n) is 6.62. The SMILES string of the molecule is COc1cc(Cl)c(C)cc1Nc1cnnc(N2c3ccccc3CC2C)n1. The fourth-order valence-electron chi connectivity index (χ4n) is 3.39. The average Bonchev–Trinajstić information content (AvgIpc) is 3.00. The summed E-state index contributed by atoms with van der Waals surface area (Å²) < 4.78 is 5.43. The Kier molecular flexibility index (Phi) is 4.58. The summed E-state index contributed by atoms with van der Waals surface area (Å²) in [6.45, 7) is 4.11. The summed E-state index contributed by atoms with van der Waals surface area (Å²) in [5.74, 6) is 1.81. The minimum absolute atomic E-state index is 0.270.